The molecule has 1 aromatic heterocycles. The summed E-state index contributed by atoms with van der Waals surface area (Å²) >= 11 is 0. The Kier molecular flexibility index (Phi) is 3.06. The average Bonchev–Trinajstić information content (AvgIpc) is 2.19. The number of rotatable bonds is 3. The molecular weight excluding hydrogens is 199 g/mol. The van der Waals surface area contributed by atoms with Crippen molar-refractivity contribution in [2.45, 2.75) is 6.11 Å². The quantitative estimate of drug-likeness (QED) is 0.706. The van der Waals surface area contributed by atoms with Crippen LogP contribution >= 0.6 is 0 Å². The number of alkyl halides is 3. The van der Waals surface area contributed by atoms with Crippen LogP contribution in [0.3, 0.4) is 0 Å². The SMILES string of the molecule is O=C(OC(F)(F)CF)c1ccccn1. The summed E-state index contributed by atoms with van der Waals surface area (Å²) < 4.78 is 39.6. The molecule has 0 saturated carbocycles. The highest BCUT2D eigenvalue weighted by molar-refractivity contribution is 5.87. The van der Waals surface area contributed by atoms with Crippen LogP contribution in [0.25, 0.3) is 0 Å². The largest absolute Gasteiger partial charge is 0.429 e. The van der Waals surface area contributed by atoms with Crippen molar-refractivity contribution >= 4 is 5.97 Å². The third kappa shape index (κ3) is 2.72. The molecule has 1 rings (SSSR count). The van der Waals surface area contributed by atoms with Crippen molar-refractivity contribution in [3.8, 4) is 0 Å². The summed E-state index contributed by atoms with van der Waals surface area (Å²) in [5, 5.41) is 0. The van der Waals surface area contributed by atoms with Gasteiger partial charge in [-0.15, -0.1) is 0 Å². The van der Waals surface area contributed by atoms with E-state index in [1.165, 1.54) is 24.4 Å². The van der Waals surface area contributed by atoms with E-state index in [9.17, 15) is 18.0 Å². The van der Waals surface area contributed by atoms with Gasteiger partial charge in [-0.3, -0.25) is 0 Å². The molecule has 0 saturated heterocycles. The molecule has 0 bridgehead atoms. The summed E-state index contributed by atoms with van der Waals surface area (Å²) in [6.07, 6.45) is -2.85. The zero-order valence-corrected chi connectivity index (χ0v) is 6.91. The molecule has 1 aromatic rings. The summed E-state index contributed by atoms with van der Waals surface area (Å²) in [5.41, 5.74) is -0.291. The molecule has 0 aliphatic carbocycles. The lowest BCUT2D eigenvalue weighted by Crippen LogP contribution is -2.27. The zero-order chi connectivity index (χ0) is 10.6. The smallest absolute Gasteiger partial charge is 0.394 e. The first-order valence-corrected chi connectivity index (χ1v) is 3.63. The highest BCUT2D eigenvalue weighted by Gasteiger charge is 2.34. The van der Waals surface area contributed by atoms with E-state index in [-0.39, 0.29) is 5.69 Å². The van der Waals surface area contributed by atoms with Gasteiger partial charge in [0.05, 0.1) is 0 Å². The van der Waals surface area contributed by atoms with Gasteiger partial charge in [0.2, 0.25) is 0 Å². The molecule has 0 N–H and O–H groups in total. The maximum Gasteiger partial charge on any atom is 0.429 e. The minimum Gasteiger partial charge on any atom is -0.394 e. The maximum absolute atomic E-state index is 12.2. The van der Waals surface area contributed by atoms with E-state index in [1.54, 1.807) is 0 Å². The fraction of sp³-hybridized carbons (Fsp3) is 0.250. The minimum absolute atomic E-state index is 0.291. The Balaban J connectivity index is 2.69. The third-order valence-corrected chi connectivity index (χ3v) is 1.27. The maximum atomic E-state index is 12.2. The molecule has 0 atom stereocenters. The molecule has 14 heavy (non-hydrogen) atoms. The zero-order valence-electron chi connectivity index (χ0n) is 6.91. The summed E-state index contributed by atoms with van der Waals surface area (Å²) in [5.74, 6) is -1.35. The Morgan fingerprint density at radius 2 is 2.21 bits per heavy atom. The fourth-order valence-corrected chi connectivity index (χ4v) is 0.699. The average molecular weight is 205 g/mol. The second-order valence-electron chi connectivity index (χ2n) is 2.38. The Morgan fingerprint density at radius 1 is 1.50 bits per heavy atom. The number of hydrogen-bond donors (Lipinski definition) is 0. The summed E-state index contributed by atoms with van der Waals surface area (Å²) in [7, 11) is 0. The molecule has 76 valence electrons. The van der Waals surface area contributed by atoms with Crippen molar-refractivity contribution in [2.75, 3.05) is 6.67 Å². The summed E-state index contributed by atoms with van der Waals surface area (Å²) in [4.78, 5) is 14.4. The lowest BCUT2D eigenvalue weighted by molar-refractivity contribution is -0.209. The number of carbonyl (C=O) groups excluding carboxylic acids is 1. The first-order chi connectivity index (χ1) is 6.55. The number of carbonyl (C=O) groups is 1. The fourth-order valence-electron chi connectivity index (χ4n) is 0.699. The van der Waals surface area contributed by atoms with Crippen molar-refractivity contribution in [3.63, 3.8) is 0 Å². The molecule has 0 aliphatic rings. The minimum atomic E-state index is -4.09. The molecule has 0 spiro atoms. The molecule has 0 aliphatic heterocycles. The van der Waals surface area contributed by atoms with Gasteiger partial charge >= 0.3 is 12.1 Å². The van der Waals surface area contributed by atoms with Crippen LogP contribution in [-0.2, 0) is 4.74 Å². The van der Waals surface area contributed by atoms with E-state index in [4.69, 9.17) is 0 Å². The second kappa shape index (κ2) is 4.08. The van der Waals surface area contributed by atoms with Gasteiger partial charge in [0.1, 0.15) is 5.69 Å². The van der Waals surface area contributed by atoms with Gasteiger partial charge in [-0.05, 0) is 12.1 Å². The van der Waals surface area contributed by atoms with Crippen molar-refractivity contribution in [3.05, 3.63) is 30.1 Å². The first-order valence-electron chi connectivity index (χ1n) is 3.63. The molecule has 0 amide bonds. The lowest BCUT2D eigenvalue weighted by Gasteiger charge is -2.11. The van der Waals surface area contributed by atoms with Crippen LogP contribution in [0.2, 0.25) is 0 Å². The molecule has 6 heteroatoms. The number of nitrogens with zero attached hydrogens (tertiary/aromatic N) is 1. The van der Waals surface area contributed by atoms with E-state index in [0.717, 1.165) is 0 Å². The van der Waals surface area contributed by atoms with Gasteiger partial charge in [0, 0.05) is 6.20 Å². The van der Waals surface area contributed by atoms with E-state index in [0.29, 0.717) is 0 Å². The summed E-state index contributed by atoms with van der Waals surface area (Å²) in [6.45, 7) is -2.05. The van der Waals surface area contributed by atoms with Crippen molar-refractivity contribution in [2.24, 2.45) is 0 Å². The topological polar surface area (TPSA) is 39.2 Å². The Labute approximate surface area is 77.5 Å². The van der Waals surface area contributed by atoms with Gasteiger partial charge in [-0.2, -0.15) is 8.78 Å². The Hall–Kier alpha value is -1.59. The van der Waals surface area contributed by atoms with Crippen LogP contribution in [0.15, 0.2) is 24.4 Å². The van der Waals surface area contributed by atoms with Gasteiger partial charge in [-0.1, -0.05) is 6.07 Å². The van der Waals surface area contributed by atoms with Gasteiger partial charge in [-0.25, -0.2) is 14.2 Å². The highest BCUT2D eigenvalue weighted by Crippen LogP contribution is 2.17. The molecule has 0 unspecified atom stereocenters. The number of hydrogen-bond acceptors (Lipinski definition) is 3. The molecule has 1 heterocycles. The number of ether oxygens (including phenoxy) is 1. The van der Waals surface area contributed by atoms with Gasteiger partial charge in [0.25, 0.3) is 0 Å². The normalized spacial score (nSPS) is 11.1. The van der Waals surface area contributed by atoms with E-state index >= 15 is 0 Å². The number of halogens is 3. The predicted molar refractivity (Wildman–Crippen MR) is 40.6 cm³/mol. The third-order valence-electron chi connectivity index (χ3n) is 1.27. The van der Waals surface area contributed by atoms with Gasteiger partial charge in [0.15, 0.2) is 6.67 Å². The Morgan fingerprint density at radius 3 is 2.71 bits per heavy atom. The van der Waals surface area contributed by atoms with E-state index in [1.807, 2.05) is 0 Å². The number of aromatic nitrogens is 1. The van der Waals surface area contributed by atoms with Crippen LogP contribution in [0.1, 0.15) is 10.5 Å². The molecule has 0 aromatic carbocycles. The van der Waals surface area contributed by atoms with Crippen LogP contribution in [0, 0.1) is 0 Å². The van der Waals surface area contributed by atoms with Crippen molar-refractivity contribution in [1.29, 1.82) is 0 Å². The molecule has 0 radical (unpaired) electrons. The highest BCUT2D eigenvalue weighted by atomic mass is 19.3. The van der Waals surface area contributed by atoms with Crippen LogP contribution < -0.4 is 0 Å². The number of pyridine rings is 1. The second-order valence-corrected chi connectivity index (χ2v) is 2.38. The number of esters is 1. The standard InChI is InChI=1S/C8H6F3NO2/c9-5-8(10,11)14-7(13)6-3-1-2-4-12-6/h1-4H,5H2. The molecular formula is C8H6F3NO2. The molecule has 3 nitrogen and oxygen atoms in total. The lowest BCUT2D eigenvalue weighted by atomic mass is 10.3. The van der Waals surface area contributed by atoms with Crippen LogP contribution in [-0.4, -0.2) is 23.7 Å². The monoisotopic (exact) mass is 205 g/mol. The van der Waals surface area contributed by atoms with Gasteiger partial charge < -0.3 is 4.74 Å². The van der Waals surface area contributed by atoms with E-state index < -0.39 is 18.8 Å². The summed E-state index contributed by atoms with van der Waals surface area (Å²) in [6, 6.07) is 4.12. The van der Waals surface area contributed by atoms with E-state index in [2.05, 4.69) is 9.72 Å². The van der Waals surface area contributed by atoms with Crippen molar-refractivity contribution in [1.82, 2.24) is 4.98 Å². The van der Waals surface area contributed by atoms with Crippen LogP contribution in [0.5, 0.6) is 0 Å². The predicted octanol–water partition coefficient (Wildman–Crippen LogP) is 1.80. The van der Waals surface area contributed by atoms with Crippen LogP contribution in [0.4, 0.5) is 13.2 Å². The first kappa shape index (κ1) is 10.5. The molecule has 0 fully saturated rings. The van der Waals surface area contributed by atoms with Crippen molar-refractivity contribution < 1.29 is 22.7 Å². The Bertz CT molecular complexity index is 316.